The van der Waals surface area contributed by atoms with E-state index in [1.807, 2.05) is 31.2 Å². The van der Waals surface area contributed by atoms with E-state index in [4.69, 9.17) is 0 Å². The molecule has 1 aliphatic rings. The van der Waals surface area contributed by atoms with Gasteiger partial charge in [0.25, 0.3) is 5.56 Å². The maximum absolute atomic E-state index is 12.5. The van der Waals surface area contributed by atoms with Gasteiger partial charge in [0.2, 0.25) is 10.9 Å². The average Bonchev–Trinajstić information content (AvgIpc) is 3.14. The molecular weight excluding hydrogens is 376 g/mol. The van der Waals surface area contributed by atoms with E-state index in [0.717, 1.165) is 43.9 Å². The molecule has 3 heterocycles. The van der Waals surface area contributed by atoms with Gasteiger partial charge in [0, 0.05) is 49.9 Å². The lowest BCUT2D eigenvalue weighted by Crippen LogP contribution is -2.44. The standard InChI is InChI=1S/C19H22N6O2S/c1-2-4-16(26)21-14-6-3-5-13(11-14)18-23-25-17(27)12-15(22-19(25)28-18)24-9-7-20-8-10-24/h3,5-6,11-12,20H,2,4,7-10H2,1H3,(H,21,26). The van der Waals surface area contributed by atoms with Gasteiger partial charge in [-0.25, -0.2) is 4.98 Å². The zero-order chi connectivity index (χ0) is 19.5. The maximum atomic E-state index is 12.5. The molecular formula is C19H22N6O2S. The number of anilines is 2. The molecule has 0 aliphatic carbocycles. The third kappa shape index (κ3) is 3.90. The van der Waals surface area contributed by atoms with Crippen molar-refractivity contribution in [2.24, 2.45) is 0 Å². The van der Waals surface area contributed by atoms with Gasteiger partial charge in [-0.1, -0.05) is 30.4 Å². The Morgan fingerprint density at radius 3 is 2.89 bits per heavy atom. The molecule has 4 rings (SSSR count). The van der Waals surface area contributed by atoms with Crippen LogP contribution in [-0.4, -0.2) is 46.7 Å². The highest BCUT2D eigenvalue weighted by molar-refractivity contribution is 7.19. The van der Waals surface area contributed by atoms with Gasteiger partial charge >= 0.3 is 0 Å². The minimum atomic E-state index is -0.187. The SMILES string of the molecule is CCCC(=O)Nc1cccc(-c2nn3c(=O)cc(N4CCNCC4)nc3s2)c1. The highest BCUT2D eigenvalue weighted by atomic mass is 32.1. The molecule has 28 heavy (non-hydrogen) atoms. The second kappa shape index (κ2) is 8.07. The molecule has 3 aromatic rings. The smallest absolute Gasteiger partial charge is 0.277 e. The Bertz CT molecular complexity index is 1050. The third-order valence-corrected chi connectivity index (χ3v) is 5.50. The first kappa shape index (κ1) is 18.6. The Labute approximate surface area is 166 Å². The second-order valence-corrected chi connectivity index (χ2v) is 7.63. The summed E-state index contributed by atoms with van der Waals surface area (Å²) in [6, 6.07) is 9.04. The van der Waals surface area contributed by atoms with Crippen molar-refractivity contribution in [3.8, 4) is 10.6 Å². The molecule has 0 saturated carbocycles. The van der Waals surface area contributed by atoms with Crippen LogP contribution in [0.1, 0.15) is 19.8 Å². The highest BCUT2D eigenvalue weighted by Crippen LogP contribution is 2.27. The maximum Gasteiger partial charge on any atom is 0.277 e. The van der Waals surface area contributed by atoms with Crippen LogP contribution in [0.4, 0.5) is 11.5 Å². The Balaban J connectivity index is 1.65. The predicted molar refractivity (Wildman–Crippen MR) is 111 cm³/mol. The number of hydrogen-bond donors (Lipinski definition) is 2. The Morgan fingerprint density at radius 1 is 1.29 bits per heavy atom. The van der Waals surface area contributed by atoms with Crippen molar-refractivity contribution in [3.63, 3.8) is 0 Å². The Hall–Kier alpha value is -2.78. The molecule has 0 spiro atoms. The molecule has 1 saturated heterocycles. The van der Waals surface area contributed by atoms with Crippen molar-refractivity contribution < 1.29 is 4.79 Å². The lowest BCUT2D eigenvalue weighted by Gasteiger charge is -2.27. The number of piperazine rings is 1. The molecule has 1 aliphatic heterocycles. The Kier molecular flexibility index (Phi) is 5.36. The quantitative estimate of drug-likeness (QED) is 0.683. The zero-order valence-electron chi connectivity index (χ0n) is 15.6. The molecule has 9 heteroatoms. The van der Waals surface area contributed by atoms with Gasteiger partial charge in [-0.3, -0.25) is 9.59 Å². The van der Waals surface area contributed by atoms with Gasteiger partial charge in [0.15, 0.2) is 0 Å². The molecule has 1 fully saturated rings. The predicted octanol–water partition coefficient (Wildman–Crippen LogP) is 1.97. The monoisotopic (exact) mass is 398 g/mol. The van der Waals surface area contributed by atoms with Crippen molar-refractivity contribution in [1.29, 1.82) is 0 Å². The fourth-order valence-corrected chi connectivity index (χ4v) is 4.05. The number of amides is 1. The highest BCUT2D eigenvalue weighted by Gasteiger charge is 2.16. The normalized spacial score (nSPS) is 14.4. The summed E-state index contributed by atoms with van der Waals surface area (Å²) in [5, 5.41) is 11.3. The van der Waals surface area contributed by atoms with Gasteiger partial charge in [0.1, 0.15) is 10.8 Å². The van der Waals surface area contributed by atoms with E-state index in [0.29, 0.717) is 22.2 Å². The number of aromatic nitrogens is 3. The number of benzene rings is 1. The number of carbonyl (C=O) groups is 1. The molecule has 0 radical (unpaired) electrons. The van der Waals surface area contributed by atoms with Crippen LogP contribution in [0.2, 0.25) is 0 Å². The zero-order valence-corrected chi connectivity index (χ0v) is 16.5. The number of carbonyl (C=O) groups excluding carboxylic acids is 1. The number of rotatable bonds is 5. The van der Waals surface area contributed by atoms with Crippen molar-refractivity contribution in [2.75, 3.05) is 36.4 Å². The van der Waals surface area contributed by atoms with Crippen LogP contribution in [0.15, 0.2) is 35.1 Å². The fraction of sp³-hybridized carbons (Fsp3) is 0.368. The van der Waals surface area contributed by atoms with Crippen molar-refractivity contribution in [2.45, 2.75) is 19.8 Å². The summed E-state index contributed by atoms with van der Waals surface area (Å²) in [6.07, 6.45) is 1.28. The summed E-state index contributed by atoms with van der Waals surface area (Å²) in [5.41, 5.74) is 1.37. The van der Waals surface area contributed by atoms with Gasteiger partial charge in [-0.05, 0) is 18.6 Å². The van der Waals surface area contributed by atoms with E-state index < -0.39 is 0 Å². The minimum absolute atomic E-state index is 0.0116. The van der Waals surface area contributed by atoms with Crippen LogP contribution < -0.4 is 21.1 Å². The molecule has 2 aromatic heterocycles. The van der Waals surface area contributed by atoms with E-state index in [-0.39, 0.29) is 11.5 Å². The summed E-state index contributed by atoms with van der Waals surface area (Å²) >= 11 is 1.37. The molecule has 1 aromatic carbocycles. The summed E-state index contributed by atoms with van der Waals surface area (Å²) in [7, 11) is 0. The summed E-state index contributed by atoms with van der Waals surface area (Å²) < 4.78 is 1.34. The molecule has 0 bridgehead atoms. The minimum Gasteiger partial charge on any atom is -0.354 e. The summed E-state index contributed by atoms with van der Waals surface area (Å²) in [4.78, 5) is 31.7. The molecule has 2 N–H and O–H groups in total. The summed E-state index contributed by atoms with van der Waals surface area (Å²) in [5.74, 6) is 0.685. The van der Waals surface area contributed by atoms with Gasteiger partial charge in [-0.15, -0.1) is 0 Å². The largest absolute Gasteiger partial charge is 0.354 e. The van der Waals surface area contributed by atoms with E-state index in [2.05, 4.69) is 25.6 Å². The Morgan fingerprint density at radius 2 is 2.11 bits per heavy atom. The van der Waals surface area contributed by atoms with E-state index in [1.54, 1.807) is 6.07 Å². The lowest BCUT2D eigenvalue weighted by molar-refractivity contribution is -0.116. The van der Waals surface area contributed by atoms with Crippen molar-refractivity contribution in [3.05, 3.63) is 40.7 Å². The molecule has 8 nitrogen and oxygen atoms in total. The van der Waals surface area contributed by atoms with Crippen molar-refractivity contribution >= 4 is 33.7 Å². The first-order valence-corrected chi connectivity index (χ1v) is 10.2. The van der Waals surface area contributed by atoms with Crippen LogP contribution in [0.3, 0.4) is 0 Å². The number of nitrogens with one attached hydrogen (secondary N) is 2. The summed E-state index contributed by atoms with van der Waals surface area (Å²) in [6.45, 7) is 5.38. The number of fused-ring (bicyclic) bond motifs is 1. The fourth-order valence-electron chi connectivity index (χ4n) is 3.15. The van der Waals surface area contributed by atoms with E-state index >= 15 is 0 Å². The van der Waals surface area contributed by atoms with Crippen LogP contribution >= 0.6 is 11.3 Å². The first-order valence-electron chi connectivity index (χ1n) is 9.41. The van der Waals surface area contributed by atoms with Crippen LogP contribution in [-0.2, 0) is 4.79 Å². The van der Waals surface area contributed by atoms with E-state index in [9.17, 15) is 9.59 Å². The van der Waals surface area contributed by atoms with Crippen molar-refractivity contribution in [1.82, 2.24) is 19.9 Å². The van der Waals surface area contributed by atoms with E-state index in [1.165, 1.54) is 15.9 Å². The molecule has 146 valence electrons. The van der Waals surface area contributed by atoms with Gasteiger partial charge in [0.05, 0.1) is 0 Å². The number of nitrogens with zero attached hydrogens (tertiary/aromatic N) is 4. The van der Waals surface area contributed by atoms with Crippen LogP contribution in [0.25, 0.3) is 15.5 Å². The van der Waals surface area contributed by atoms with Crippen LogP contribution in [0, 0.1) is 0 Å². The molecule has 0 unspecified atom stereocenters. The number of hydrogen-bond acceptors (Lipinski definition) is 7. The third-order valence-electron chi connectivity index (χ3n) is 4.54. The second-order valence-electron chi connectivity index (χ2n) is 6.67. The first-order chi connectivity index (χ1) is 13.6. The van der Waals surface area contributed by atoms with Gasteiger partial charge < -0.3 is 15.5 Å². The lowest BCUT2D eigenvalue weighted by atomic mass is 10.2. The molecule has 0 atom stereocenters. The van der Waals surface area contributed by atoms with Gasteiger partial charge in [-0.2, -0.15) is 9.61 Å². The molecule has 1 amide bonds. The average molecular weight is 398 g/mol. The topological polar surface area (TPSA) is 91.6 Å². The van der Waals surface area contributed by atoms with Crippen LogP contribution in [0.5, 0.6) is 0 Å².